The molecule has 2 aromatic rings. The van der Waals surface area contributed by atoms with Crippen molar-refractivity contribution in [1.82, 2.24) is 20.0 Å². The summed E-state index contributed by atoms with van der Waals surface area (Å²) in [7, 11) is 3.67. The van der Waals surface area contributed by atoms with Crippen LogP contribution in [0, 0.1) is 23.1 Å². The van der Waals surface area contributed by atoms with Gasteiger partial charge in [0.1, 0.15) is 17.1 Å². The van der Waals surface area contributed by atoms with E-state index in [0.717, 1.165) is 32.4 Å². The molecule has 182 valence electrons. The van der Waals surface area contributed by atoms with Crippen LogP contribution in [0.2, 0.25) is 0 Å². The Balaban J connectivity index is 0.000000588. The molecule has 1 aliphatic heterocycles. The topological polar surface area (TPSA) is 102 Å². The van der Waals surface area contributed by atoms with Crippen LogP contribution in [0.15, 0.2) is 18.2 Å². The Morgan fingerprint density at radius 2 is 2.12 bits per heavy atom. The fourth-order valence-corrected chi connectivity index (χ4v) is 4.78. The van der Waals surface area contributed by atoms with Crippen molar-refractivity contribution in [1.29, 1.82) is 0 Å². The molecule has 2 aliphatic rings. The summed E-state index contributed by atoms with van der Waals surface area (Å²) < 4.78 is 21.7. The van der Waals surface area contributed by atoms with Crippen LogP contribution in [0.5, 0.6) is 5.75 Å². The van der Waals surface area contributed by atoms with Gasteiger partial charge < -0.3 is 20.7 Å². The van der Waals surface area contributed by atoms with E-state index in [1.54, 1.807) is 30.8 Å². The van der Waals surface area contributed by atoms with Gasteiger partial charge in [0.2, 0.25) is 0 Å². The Morgan fingerprint density at radius 1 is 1.41 bits per heavy atom. The van der Waals surface area contributed by atoms with Crippen molar-refractivity contribution in [2.45, 2.75) is 39.2 Å². The van der Waals surface area contributed by atoms with Gasteiger partial charge in [-0.15, -0.1) is 0 Å². The van der Waals surface area contributed by atoms with E-state index in [-0.39, 0.29) is 17.7 Å². The number of likely N-dealkylation sites (tertiary alicyclic amines) is 1. The molecule has 0 radical (unpaired) electrons. The number of carbonyl (C=O) groups is 2. The Hall–Kier alpha value is -3.38. The number of benzene rings is 1. The Morgan fingerprint density at radius 3 is 2.62 bits per heavy atom. The summed E-state index contributed by atoms with van der Waals surface area (Å²) in [6.07, 6.45) is 3.35. The fourth-order valence-electron chi connectivity index (χ4n) is 4.78. The molecular formula is C25H32FN5O3. The van der Waals surface area contributed by atoms with Crippen LogP contribution >= 0.6 is 0 Å². The van der Waals surface area contributed by atoms with Crippen molar-refractivity contribution in [2.24, 2.45) is 5.41 Å². The number of anilines is 1. The number of nitrogen functional groups attached to an aromatic ring is 1. The first-order valence-corrected chi connectivity index (χ1v) is 11.4. The van der Waals surface area contributed by atoms with E-state index >= 15 is 0 Å². The summed E-state index contributed by atoms with van der Waals surface area (Å²) in [5.41, 5.74) is 7.90. The largest absolute Gasteiger partial charge is 0.491 e. The molecule has 8 nitrogen and oxygen atoms in total. The second-order valence-electron chi connectivity index (χ2n) is 8.87. The molecule has 1 amide bonds. The van der Waals surface area contributed by atoms with Crippen LogP contribution in [0.1, 0.15) is 49.5 Å². The third-order valence-corrected chi connectivity index (χ3v) is 6.17. The van der Waals surface area contributed by atoms with Gasteiger partial charge in [-0.2, -0.15) is 5.10 Å². The molecule has 9 heteroatoms. The lowest BCUT2D eigenvalue weighted by Gasteiger charge is -2.58. The van der Waals surface area contributed by atoms with Crippen molar-refractivity contribution in [3.63, 3.8) is 0 Å². The molecule has 4 rings (SSSR count). The molecule has 1 aromatic carbocycles. The standard InChI is InChI=1S/C21H28FN5O2.C4H4O/c1-4-7-29-16-6-5-13(8-15(16)22)18-17(20(28)24-2)19(23)27(25-18)14-9-21(10-14)11-26(3)12-21;1-2-3-4-5/h5-6,8,14H,4,7,9-12,23H2,1-3H3,(H,24,28);4H,1H3. The number of hydrogen-bond donors (Lipinski definition) is 2. The van der Waals surface area contributed by atoms with Crippen LogP contribution in [0.3, 0.4) is 0 Å². The number of amides is 1. The highest BCUT2D eigenvalue weighted by Crippen LogP contribution is 2.54. The van der Waals surface area contributed by atoms with Crippen molar-refractivity contribution in [2.75, 3.05) is 39.5 Å². The summed E-state index contributed by atoms with van der Waals surface area (Å²) in [6, 6.07) is 4.81. The zero-order valence-electron chi connectivity index (χ0n) is 20.2. The van der Waals surface area contributed by atoms with E-state index in [0.29, 0.717) is 40.9 Å². The molecule has 0 atom stereocenters. The number of ether oxygens (including phenoxy) is 1. The second-order valence-corrected chi connectivity index (χ2v) is 8.87. The molecule has 1 saturated heterocycles. The molecule has 3 N–H and O–H groups in total. The molecule has 2 fully saturated rings. The monoisotopic (exact) mass is 469 g/mol. The van der Waals surface area contributed by atoms with Crippen LogP contribution in [0.4, 0.5) is 10.2 Å². The van der Waals surface area contributed by atoms with Gasteiger partial charge in [0.25, 0.3) is 5.91 Å². The van der Waals surface area contributed by atoms with E-state index in [9.17, 15) is 14.0 Å². The molecule has 34 heavy (non-hydrogen) atoms. The minimum atomic E-state index is -0.480. The van der Waals surface area contributed by atoms with Crippen LogP contribution in [-0.2, 0) is 4.79 Å². The number of carbonyl (C=O) groups excluding carboxylic acids is 2. The molecular weight excluding hydrogens is 437 g/mol. The predicted molar refractivity (Wildman–Crippen MR) is 129 cm³/mol. The van der Waals surface area contributed by atoms with Crippen molar-refractivity contribution >= 4 is 18.0 Å². The zero-order valence-corrected chi connectivity index (χ0v) is 20.2. The first-order chi connectivity index (χ1) is 16.3. The van der Waals surface area contributed by atoms with E-state index < -0.39 is 5.82 Å². The van der Waals surface area contributed by atoms with Crippen LogP contribution in [-0.4, -0.2) is 60.7 Å². The summed E-state index contributed by atoms with van der Waals surface area (Å²) >= 11 is 0. The van der Waals surface area contributed by atoms with Gasteiger partial charge in [-0.3, -0.25) is 9.59 Å². The number of nitrogens with zero attached hydrogens (tertiary/aromatic N) is 3. The van der Waals surface area contributed by atoms with Crippen molar-refractivity contribution in [3.05, 3.63) is 29.6 Å². The number of aromatic nitrogens is 2. The van der Waals surface area contributed by atoms with Crippen LogP contribution in [0.25, 0.3) is 11.3 Å². The molecule has 0 unspecified atom stereocenters. The zero-order chi connectivity index (χ0) is 24.9. The lowest BCUT2D eigenvalue weighted by Crippen LogP contribution is -2.60. The third-order valence-electron chi connectivity index (χ3n) is 6.17. The van der Waals surface area contributed by atoms with E-state index in [1.165, 1.54) is 6.07 Å². The minimum absolute atomic E-state index is 0.165. The maximum absolute atomic E-state index is 14.5. The highest BCUT2D eigenvalue weighted by atomic mass is 19.1. The molecule has 2 heterocycles. The van der Waals surface area contributed by atoms with Crippen molar-refractivity contribution in [3.8, 4) is 28.8 Å². The Kier molecular flexibility index (Phi) is 7.94. The fraction of sp³-hybridized carbons (Fsp3) is 0.480. The molecule has 1 aliphatic carbocycles. The maximum atomic E-state index is 14.5. The van der Waals surface area contributed by atoms with E-state index in [4.69, 9.17) is 10.5 Å². The third kappa shape index (κ3) is 5.07. The second kappa shape index (κ2) is 10.7. The lowest BCUT2D eigenvalue weighted by molar-refractivity contribution is -0.103. The highest BCUT2D eigenvalue weighted by Gasteiger charge is 2.52. The van der Waals surface area contributed by atoms with Crippen LogP contribution < -0.4 is 15.8 Å². The first kappa shape index (κ1) is 25.2. The summed E-state index contributed by atoms with van der Waals surface area (Å²) in [5.74, 6) is 4.30. The lowest BCUT2D eigenvalue weighted by atomic mass is 9.61. The average molecular weight is 470 g/mol. The molecule has 1 saturated carbocycles. The van der Waals surface area contributed by atoms with Gasteiger partial charge in [0.05, 0.1) is 12.6 Å². The Labute approximate surface area is 199 Å². The maximum Gasteiger partial charge on any atom is 0.257 e. The summed E-state index contributed by atoms with van der Waals surface area (Å²) in [4.78, 5) is 24.1. The summed E-state index contributed by atoms with van der Waals surface area (Å²) in [6.45, 7) is 6.20. The van der Waals surface area contributed by atoms with E-state index in [2.05, 4.69) is 34.2 Å². The number of nitrogens with one attached hydrogen (secondary N) is 1. The molecule has 1 aromatic heterocycles. The average Bonchev–Trinajstić information content (AvgIpc) is 3.11. The number of halogens is 1. The number of hydrogen-bond acceptors (Lipinski definition) is 6. The number of aldehydes is 1. The summed E-state index contributed by atoms with van der Waals surface area (Å²) in [5, 5.41) is 7.28. The number of rotatable bonds is 6. The van der Waals surface area contributed by atoms with Crippen molar-refractivity contribution < 1.29 is 18.7 Å². The Bertz CT molecular complexity index is 1100. The quantitative estimate of drug-likeness (QED) is 0.498. The molecule has 0 bridgehead atoms. The smallest absolute Gasteiger partial charge is 0.257 e. The van der Waals surface area contributed by atoms with Gasteiger partial charge in [-0.1, -0.05) is 12.8 Å². The first-order valence-electron chi connectivity index (χ1n) is 11.4. The molecule has 1 spiro atoms. The minimum Gasteiger partial charge on any atom is -0.491 e. The van der Waals surface area contributed by atoms with E-state index in [1.807, 2.05) is 6.92 Å². The normalized spacial score (nSPS) is 16.3. The SMILES string of the molecule is CC#CC=O.CCCOc1ccc(-c2nn(C3CC4(C3)CN(C)C4)c(N)c2C(=O)NC)cc1F. The highest BCUT2D eigenvalue weighted by molar-refractivity contribution is 6.04. The van der Waals surface area contributed by atoms with Gasteiger partial charge in [0.15, 0.2) is 17.9 Å². The predicted octanol–water partition coefficient (Wildman–Crippen LogP) is 2.90. The van der Waals surface area contributed by atoms with Gasteiger partial charge in [-0.25, -0.2) is 9.07 Å². The van der Waals surface area contributed by atoms with Gasteiger partial charge >= 0.3 is 0 Å². The van der Waals surface area contributed by atoms with Gasteiger partial charge in [-0.05, 0) is 62.8 Å². The van der Waals surface area contributed by atoms with Gasteiger partial charge in [0, 0.05) is 25.7 Å². The number of nitrogens with two attached hydrogens (primary N) is 1.